The first-order chi connectivity index (χ1) is 9.74. The summed E-state index contributed by atoms with van der Waals surface area (Å²) in [5.74, 6) is 0. The molecule has 1 aliphatic rings. The van der Waals surface area contributed by atoms with Crippen molar-refractivity contribution in [3.05, 3.63) is 40.5 Å². The maximum absolute atomic E-state index is 4.52. The average molecular weight is 335 g/mol. The minimum Gasteiger partial charge on any atom is -0.304 e. The zero-order valence-electron chi connectivity index (χ0n) is 11.6. The van der Waals surface area contributed by atoms with Gasteiger partial charge in [0.25, 0.3) is 0 Å². The van der Waals surface area contributed by atoms with E-state index in [9.17, 15) is 0 Å². The molecule has 1 N–H and O–H groups in total. The van der Waals surface area contributed by atoms with Gasteiger partial charge in [-0.15, -0.1) is 0 Å². The third-order valence-electron chi connectivity index (χ3n) is 3.80. The molecular weight excluding hydrogens is 316 g/mol. The maximum atomic E-state index is 4.52. The molecule has 3 rings (SSSR count). The molecule has 0 bridgehead atoms. The molecule has 4 nitrogen and oxygen atoms in total. The topological polar surface area (TPSA) is 31.4 Å². The van der Waals surface area contributed by atoms with Gasteiger partial charge in [0.1, 0.15) is 0 Å². The number of benzene rings is 1. The van der Waals surface area contributed by atoms with Crippen LogP contribution in [0.25, 0.3) is 10.9 Å². The van der Waals surface area contributed by atoms with Gasteiger partial charge in [0.05, 0.1) is 5.52 Å². The molecule has 2 aromatic rings. The summed E-state index contributed by atoms with van der Waals surface area (Å²) in [5.41, 5.74) is 5.83. The summed E-state index contributed by atoms with van der Waals surface area (Å²) in [6.45, 7) is 5.19. The molecular formula is C15H19BrN4. The van der Waals surface area contributed by atoms with Gasteiger partial charge in [-0.05, 0) is 24.7 Å². The fourth-order valence-electron chi connectivity index (χ4n) is 2.50. The number of piperazine rings is 1. The lowest BCUT2D eigenvalue weighted by Crippen LogP contribution is -2.50. The van der Waals surface area contributed by atoms with E-state index in [1.165, 1.54) is 10.9 Å². The number of nitrogens with zero attached hydrogens (tertiary/aromatic N) is 3. The van der Waals surface area contributed by atoms with Crippen molar-refractivity contribution in [1.29, 1.82) is 0 Å². The van der Waals surface area contributed by atoms with E-state index in [4.69, 9.17) is 0 Å². The standard InChI is InChI=1S/C15H19BrN4/c1-19-7-9-20(10-8-19)18-11-12-4-5-14(16)13-3-2-6-17-15(12)13/h2-6,18H,7-11H2,1H3. The molecule has 1 fully saturated rings. The van der Waals surface area contributed by atoms with Crippen LogP contribution in [0.5, 0.6) is 0 Å². The molecule has 0 radical (unpaired) electrons. The lowest BCUT2D eigenvalue weighted by Gasteiger charge is -2.32. The fraction of sp³-hybridized carbons (Fsp3) is 0.400. The monoisotopic (exact) mass is 334 g/mol. The van der Waals surface area contributed by atoms with Gasteiger partial charge in [-0.1, -0.05) is 28.1 Å². The van der Waals surface area contributed by atoms with Gasteiger partial charge in [0.2, 0.25) is 0 Å². The molecule has 1 aliphatic heterocycles. The molecule has 106 valence electrons. The van der Waals surface area contributed by atoms with Crippen LogP contribution in [0.3, 0.4) is 0 Å². The van der Waals surface area contributed by atoms with Crippen LogP contribution in [0.4, 0.5) is 0 Å². The number of hydrazine groups is 1. The van der Waals surface area contributed by atoms with Crippen molar-refractivity contribution in [1.82, 2.24) is 20.3 Å². The van der Waals surface area contributed by atoms with E-state index in [0.717, 1.165) is 42.7 Å². The van der Waals surface area contributed by atoms with Gasteiger partial charge in [-0.2, -0.15) is 0 Å². The molecule has 20 heavy (non-hydrogen) atoms. The number of pyridine rings is 1. The Labute approximate surface area is 127 Å². The van der Waals surface area contributed by atoms with Crippen LogP contribution in [0.15, 0.2) is 34.9 Å². The smallest absolute Gasteiger partial charge is 0.0758 e. The molecule has 0 saturated carbocycles. The van der Waals surface area contributed by atoms with Crippen molar-refractivity contribution < 1.29 is 0 Å². The van der Waals surface area contributed by atoms with Crippen molar-refractivity contribution >= 4 is 26.8 Å². The van der Waals surface area contributed by atoms with Crippen LogP contribution in [-0.2, 0) is 6.54 Å². The van der Waals surface area contributed by atoms with Crippen molar-refractivity contribution in [2.24, 2.45) is 0 Å². The normalized spacial score (nSPS) is 17.7. The second kappa shape index (κ2) is 6.18. The molecule has 0 spiro atoms. The number of aromatic nitrogens is 1. The molecule has 0 aliphatic carbocycles. The highest BCUT2D eigenvalue weighted by Gasteiger charge is 2.13. The van der Waals surface area contributed by atoms with Gasteiger partial charge >= 0.3 is 0 Å². The highest BCUT2D eigenvalue weighted by Crippen LogP contribution is 2.25. The quantitative estimate of drug-likeness (QED) is 0.932. The number of fused-ring (bicyclic) bond motifs is 1. The van der Waals surface area contributed by atoms with Crippen molar-refractivity contribution in [3.63, 3.8) is 0 Å². The van der Waals surface area contributed by atoms with Crippen LogP contribution in [0.1, 0.15) is 5.56 Å². The first-order valence-corrected chi connectivity index (χ1v) is 7.72. The highest BCUT2D eigenvalue weighted by molar-refractivity contribution is 9.10. The minimum absolute atomic E-state index is 0.824. The third-order valence-corrected chi connectivity index (χ3v) is 4.49. The molecule has 1 saturated heterocycles. The molecule has 2 heterocycles. The number of nitrogens with one attached hydrogen (secondary N) is 1. The zero-order valence-corrected chi connectivity index (χ0v) is 13.2. The van der Waals surface area contributed by atoms with E-state index in [1.807, 2.05) is 12.3 Å². The minimum atomic E-state index is 0.824. The van der Waals surface area contributed by atoms with Crippen molar-refractivity contribution in [3.8, 4) is 0 Å². The Bertz CT molecular complexity index is 593. The summed E-state index contributed by atoms with van der Waals surface area (Å²) in [4.78, 5) is 6.88. The summed E-state index contributed by atoms with van der Waals surface area (Å²) >= 11 is 3.59. The SMILES string of the molecule is CN1CCN(NCc2ccc(Br)c3cccnc23)CC1. The van der Waals surface area contributed by atoms with Crippen molar-refractivity contribution in [2.45, 2.75) is 6.54 Å². The Hall–Kier alpha value is -1.01. The summed E-state index contributed by atoms with van der Waals surface area (Å²) < 4.78 is 1.10. The van der Waals surface area contributed by atoms with Crippen LogP contribution >= 0.6 is 15.9 Å². The van der Waals surface area contributed by atoms with Crippen LogP contribution in [0, 0.1) is 0 Å². The second-order valence-electron chi connectivity index (χ2n) is 5.23. The summed E-state index contributed by atoms with van der Waals surface area (Å²) in [6.07, 6.45) is 1.86. The Morgan fingerprint density at radius 1 is 1.20 bits per heavy atom. The van der Waals surface area contributed by atoms with E-state index < -0.39 is 0 Å². The predicted molar refractivity (Wildman–Crippen MR) is 85.4 cm³/mol. The van der Waals surface area contributed by atoms with E-state index in [-0.39, 0.29) is 0 Å². The van der Waals surface area contributed by atoms with Gasteiger partial charge < -0.3 is 4.90 Å². The van der Waals surface area contributed by atoms with E-state index in [1.54, 1.807) is 0 Å². The maximum Gasteiger partial charge on any atom is 0.0758 e. The number of rotatable bonds is 3. The molecule has 0 unspecified atom stereocenters. The molecule has 0 amide bonds. The van der Waals surface area contributed by atoms with Gasteiger partial charge in [-0.25, -0.2) is 5.01 Å². The van der Waals surface area contributed by atoms with Crippen LogP contribution in [0.2, 0.25) is 0 Å². The van der Waals surface area contributed by atoms with Gasteiger partial charge in [0.15, 0.2) is 0 Å². The fourth-order valence-corrected chi connectivity index (χ4v) is 2.95. The average Bonchev–Trinajstić information content (AvgIpc) is 2.49. The van der Waals surface area contributed by atoms with E-state index >= 15 is 0 Å². The van der Waals surface area contributed by atoms with Gasteiger partial charge in [-0.3, -0.25) is 10.4 Å². The van der Waals surface area contributed by atoms with Crippen LogP contribution < -0.4 is 5.43 Å². The van der Waals surface area contributed by atoms with Crippen LogP contribution in [-0.4, -0.2) is 48.1 Å². The summed E-state index contributed by atoms with van der Waals surface area (Å²) in [7, 11) is 2.17. The lowest BCUT2D eigenvalue weighted by molar-refractivity contribution is 0.102. The number of halogens is 1. The third kappa shape index (κ3) is 3.01. The number of hydrogen-bond acceptors (Lipinski definition) is 4. The Balaban J connectivity index is 1.73. The van der Waals surface area contributed by atoms with E-state index in [2.05, 4.69) is 61.5 Å². The van der Waals surface area contributed by atoms with Gasteiger partial charge in [0, 0.05) is 48.8 Å². The largest absolute Gasteiger partial charge is 0.304 e. The number of hydrogen-bond donors (Lipinski definition) is 1. The second-order valence-corrected chi connectivity index (χ2v) is 6.09. The first kappa shape index (κ1) is 13.9. The summed E-state index contributed by atoms with van der Waals surface area (Å²) in [6, 6.07) is 8.32. The Morgan fingerprint density at radius 2 is 2.00 bits per heavy atom. The summed E-state index contributed by atoms with van der Waals surface area (Å²) in [5, 5.41) is 3.47. The predicted octanol–water partition coefficient (Wildman–Crippen LogP) is 2.25. The lowest BCUT2D eigenvalue weighted by atomic mass is 10.1. The van der Waals surface area contributed by atoms with E-state index in [0.29, 0.717) is 0 Å². The Kier molecular flexibility index (Phi) is 4.31. The molecule has 1 aromatic heterocycles. The molecule has 5 heteroatoms. The highest BCUT2D eigenvalue weighted by atomic mass is 79.9. The zero-order chi connectivity index (χ0) is 13.9. The Morgan fingerprint density at radius 3 is 2.80 bits per heavy atom. The molecule has 1 aromatic carbocycles. The number of likely N-dealkylation sites (N-methyl/N-ethyl adjacent to an activating group) is 1. The first-order valence-electron chi connectivity index (χ1n) is 6.93. The molecule has 0 atom stereocenters. The van der Waals surface area contributed by atoms with Crippen molar-refractivity contribution in [2.75, 3.05) is 33.2 Å².